The van der Waals surface area contributed by atoms with E-state index in [1.807, 2.05) is 66.7 Å². The van der Waals surface area contributed by atoms with Crippen molar-refractivity contribution < 1.29 is 0 Å². The number of rotatable bonds is 5. The van der Waals surface area contributed by atoms with Crippen LogP contribution in [0.3, 0.4) is 0 Å². The summed E-state index contributed by atoms with van der Waals surface area (Å²) < 4.78 is 1.54. The van der Waals surface area contributed by atoms with E-state index < -0.39 is 0 Å². The second-order valence-electron chi connectivity index (χ2n) is 5.50. The maximum absolute atomic E-state index is 13.0. The Morgan fingerprint density at radius 2 is 1.60 bits per heavy atom. The fourth-order valence-corrected chi connectivity index (χ4v) is 2.81. The zero-order valence-corrected chi connectivity index (χ0v) is 14.3. The molecule has 3 rings (SSSR count). The summed E-state index contributed by atoms with van der Waals surface area (Å²) >= 11 is 5.80. The van der Waals surface area contributed by atoms with Crippen molar-refractivity contribution in [2.75, 3.05) is 5.88 Å². The first-order chi connectivity index (χ1) is 12.3. The van der Waals surface area contributed by atoms with E-state index in [0.717, 1.165) is 11.1 Å². The van der Waals surface area contributed by atoms with Crippen molar-refractivity contribution in [2.45, 2.75) is 13.0 Å². The maximum Gasteiger partial charge on any atom is 0.272 e. The van der Waals surface area contributed by atoms with Crippen molar-refractivity contribution in [2.24, 2.45) is 0 Å². The summed E-state index contributed by atoms with van der Waals surface area (Å²) in [7, 11) is 0. The van der Waals surface area contributed by atoms with Crippen LogP contribution in [0.15, 0.2) is 65.5 Å². The van der Waals surface area contributed by atoms with E-state index in [9.17, 15) is 10.1 Å². The van der Waals surface area contributed by atoms with E-state index in [2.05, 4.69) is 0 Å². The predicted octanol–water partition coefficient (Wildman–Crippen LogP) is 4.08. The van der Waals surface area contributed by atoms with E-state index in [1.54, 1.807) is 4.57 Å². The fraction of sp³-hybridized carbons (Fsp3) is 0.150. The van der Waals surface area contributed by atoms with Gasteiger partial charge in [0.05, 0.1) is 5.69 Å². The number of aromatic nitrogens is 2. The molecule has 0 aliphatic rings. The first-order valence-electron chi connectivity index (χ1n) is 7.98. The molecule has 2 aromatic carbocycles. The quantitative estimate of drug-likeness (QED) is 0.652. The van der Waals surface area contributed by atoms with Crippen LogP contribution in [0.5, 0.6) is 0 Å². The van der Waals surface area contributed by atoms with Crippen LogP contribution in [-0.4, -0.2) is 15.4 Å². The van der Waals surface area contributed by atoms with Gasteiger partial charge in [-0.15, -0.1) is 11.6 Å². The summed E-state index contributed by atoms with van der Waals surface area (Å²) in [6.07, 6.45) is 0.624. The van der Waals surface area contributed by atoms with E-state index in [0.29, 0.717) is 30.4 Å². The van der Waals surface area contributed by atoms with Gasteiger partial charge in [-0.2, -0.15) is 5.26 Å². The molecule has 5 heteroatoms. The minimum atomic E-state index is -0.333. The lowest BCUT2D eigenvalue weighted by Crippen LogP contribution is -2.27. The van der Waals surface area contributed by atoms with Gasteiger partial charge in [0, 0.05) is 23.6 Å². The highest BCUT2D eigenvalue weighted by Gasteiger charge is 2.18. The van der Waals surface area contributed by atoms with Gasteiger partial charge in [-0.25, -0.2) is 4.98 Å². The second-order valence-corrected chi connectivity index (χ2v) is 5.88. The topological polar surface area (TPSA) is 58.7 Å². The third-order valence-corrected chi connectivity index (χ3v) is 4.14. The van der Waals surface area contributed by atoms with E-state index >= 15 is 0 Å². The van der Waals surface area contributed by atoms with E-state index in [4.69, 9.17) is 16.6 Å². The Kier molecular flexibility index (Phi) is 5.27. The molecule has 0 N–H and O–H groups in total. The lowest BCUT2D eigenvalue weighted by molar-refractivity contribution is 0.651. The number of halogens is 1. The highest BCUT2D eigenvalue weighted by molar-refractivity contribution is 6.17. The van der Waals surface area contributed by atoms with Crippen molar-refractivity contribution in [1.29, 1.82) is 5.26 Å². The van der Waals surface area contributed by atoms with Crippen LogP contribution in [0, 0.1) is 11.3 Å². The molecule has 0 amide bonds. The van der Waals surface area contributed by atoms with Crippen molar-refractivity contribution >= 4 is 11.6 Å². The largest absolute Gasteiger partial charge is 0.291 e. The van der Waals surface area contributed by atoms with Crippen molar-refractivity contribution in [3.05, 3.63) is 76.6 Å². The molecule has 3 aromatic rings. The molecule has 4 nitrogen and oxygen atoms in total. The molecule has 0 radical (unpaired) electrons. The van der Waals surface area contributed by atoms with Gasteiger partial charge in [-0.1, -0.05) is 60.7 Å². The zero-order valence-electron chi connectivity index (χ0n) is 13.5. The molecular weight excluding hydrogens is 334 g/mol. The van der Waals surface area contributed by atoms with Gasteiger partial charge in [-0.05, 0) is 6.42 Å². The Morgan fingerprint density at radius 1 is 1.00 bits per heavy atom. The summed E-state index contributed by atoms with van der Waals surface area (Å²) in [4.78, 5) is 17.6. The monoisotopic (exact) mass is 349 g/mol. The third kappa shape index (κ3) is 3.47. The molecule has 124 valence electrons. The van der Waals surface area contributed by atoms with Crippen molar-refractivity contribution in [3.8, 4) is 28.7 Å². The van der Waals surface area contributed by atoms with Crippen LogP contribution in [0.2, 0.25) is 0 Å². The Bertz CT molecular complexity index is 960. The average Bonchev–Trinajstić information content (AvgIpc) is 2.67. The Balaban J connectivity index is 2.30. The molecule has 0 atom stereocenters. The van der Waals surface area contributed by atoms with Crippen LogP contribution in [0.25, 0.3) is 22.6 Å². The maximum atomic E-state index is 13.0. The Labute approximate surface area is 151 Å². The van der Waals surface area contributed by atoms with Gasteiger partial charge in [0.1, 0.15) is 17.5 Å². The minimum absolute atomic E-state index is 0.0560. The molecule has 25 heavy (non-hydrogen) atoms. The summed E-state index contributed by atoms with van der Waals surface area (Å²) in [5, 5.41) is 9.54. The third-order valence-electron chi connectivity index (χ3n) is 3.88. The normalized spacial score (nSPS) is 10.4. The molecule has 0 saturated heterocycles. The minimum Gasteiger partial charge on any atom is -0.291 e. The number of nitriles is 1. The fourth-order valence-electron chi connectivity index (χ4n) is 2.69. The lowest BCUT2D eigenvalue weighted by Gasteiger charge is -2.15. The SMILES string of the molecule is N#Cc1c(-c2ccccc2)nc(-c2ccccc2)n(CCCCl)c1=O. The smallest absolute Gasteiger partial charge is 0.272 e. The Morgan fingerprint density at radius 3 is 2.16 bits per heavy atom. The second kappa shape index (κ2) is 7.78. The number of alkyl halides is 1. The summed E-state index contributed by atoms with van der Waals surface area (Å²) in [6.45, 7) is 0.420. The Hall–Kier alpha value is -2.90. The van der Waals surface area contributed by atoms with Crippen LogP contribution in [-0.2, 0) is 6.54 Å². The van der Waals surface area contributed by atoms with Crippen LogP contribution in [0.4, 0.5) is 0 Å². The molecular formula is C20H16ClN3O. The van der Waals surface area contributed by atoms with Gasteiger partial charge >= 0.3 is 0 Å². The van der Waals surface area contributed by atoms with Crippen LogP contribution in [0.1, 0.15) is 12.0 Å². The van der Waals surface area contributed by atoms with Crippen molar-refractivity contribution in [1.82, 2.24) is 9.55 Å². The molecule has 1 heterocycles. The number of hydrogen-bond acceptors (Lipinski definition) is 3. The number of hydrogen-bond donors (Lipinski definition) is 0. The molecule has 0 aliphatic heterocycles. The van der Waals surface area contributed by atoms with Gasteiger partial charge in [0.15, 0.2) is 0 Å². The standard InChI is InChI=1S/C20H16ClN3O/c21-12-7-13-24-19(16-10-5-2-6-11-16)23-18(17(14-22)20(24)25)15-8-3-1-4-9-15/h1-6,8-11H,7,12-13H2. The molecule has 0 fully saturated rings. The van der Waals surface area contributed by atoms with Crippen LogP contribution < -0.4 is 5.56 Å². The van der Waals surface area contributed by atoms with Gasteiger partial charge in [-0.3, -0.25) is 9.36 Å². The summed E-state index contributed by atoms with van der Waals surface area (Å²) in [5.41, 5.74) is 1.71. The van der Waals surface area contributed by atoms with Crippen molar-refractivity contribution in [3.63, 3.8) is 0 Å². The van der Waals surface area contributed by atoms with Crippen LogP contribution >= 0.6 is 11.6 Å². The first kappa shape index (κ1) is 16.9. The molecule has 0 saturated carbocycles. The van der Waals surface area contributed by atoms with Gasteiger partial charge < -0.3 is 0 Å². The lowest BCUT2D eigenvalue weighted by atomic mass is 10.1. The molecule has 0 spiro atoms. The van der Waals surface area contributed by atoms with Gasteiger partial charge in [0.25, 0.3) is 5.56 Å². The number of benzene rings is 2. The first-order valence-corrected chi connectivity index (χ1v) is 8.51. The molecule has 0 aliphatic carbocycles. The molecule has 0 unspecified atom stereocenters. The molecule has 0 bridgehead atoms. The zero-order chi connectivity index (χ0) is 17.6. The average molecular weight is 350 g/mol. The number of nitrogens with zero attached hydrogens (tertiary/aromatic N) is 3. The van der Waals surface area contributed by atoms with E-state index in [-0.39, 0.29) is 11.1 Å². The summed E-state index contributed by atoms with van der Waals surface area (Å²) in [6, 6.07) is 20.8. The molecule has 1 aromatic heterocycles. The van der Waals surface area contributed by atoms with Gasteiger partial charge in [0.2, 0.25) is 0 Å². The predicted molar refractivity (Wildman–Crippen MR) is 99.4 cm³/mol. The van der Waals surface area contributed by atoms with E-state index in [1.165, 1.54) is 0 Å². The highest BCUT2D eigenvalue weighted by Crippen LogP contribution is 2.24. The highest BCUT2D eigenvalue weighted by atomic mass is 35.5. The summed E-state index contributed by atoms with van der Waals surface area (Å²) in [5.74, 6) is 0.983.